The summed E-state index contributed by atoms with van der Waals surface area (Å²) in [6.45, 7) is 1.42. The SMILES string of the molecule is COc1ccc2c(c1)C(NCCC#N)CCO2. The van der Waals surface area contributed by atoms with Crippen LogP contribution in [0.4, 0.5) is 0 Å². The van der Waals surface area contributed by atoms with Crippen molar-refractivity contribution < 1.29 is 9.47 Å². The first-order valence-electron chi connectivity index (χ1n) is 5.76. The highest BCUT2D eigenvalue weighted by atomic mass is 16.5. The van der Waals surface area contributed by atoms with Crippen molar-refractivity contribution in [2.24, 2.45) is 0 Å². The van der Waals surface area contributed by atoms with Gasteiger partial charge in [-0.05, 0) is 18.2 Å². The van der Waals surface area contributed by atoms with E-state index in [9.17, 15) is 0 Å². The lowest BCUT2D eigenvalue weighted by Gasteiger charge is -2.27. The second-order valence-corrected chi connectivity index (χ2v) is 3.96. The van der Waals surface area contributed by atoms with Crippen LogP contribution in [0.25, 0.3) is 0 Å². The van der Waals surface area contributed by atoms with Gasteiger partial charge >= 0.3 is 0 Å². The molecule has 0 amide bonds. The number of methoxy groups -OCH3 is 1. The first-order valence-corrected chi connectivity index (χ1v) is 5.76. The van der Waals surface area contributed by atoms with Gasteiger partial charge in [0.05, 0.1) is 19.8 Å². The van der Waals surface area contributed by atoms with Gasteiger partial charge in [-0.1, -0.05) is 0 Å². The van der Waals surface area contributed by atoms with E-state index in [1.807, 2.05) is 18.2 Å². The van der Waals surface area contributed by atoms with E-state index in [0.29, 0.717) is 19.6 Å². The number of fused-ring (bicyclic) bond motifs is 1. The van der Waals surface area contributed by atoms with Crippen LogP contribution < -0.4 is 14.8 Å². The zero-order valence-corrected chi connectivity index (χ0v) is 9.90. The van der Waals surface area contributed by atoms with Crippen molar-refractivity contribution in [1.82, 2.24) is 5.32 Å². The molecule has 0 saturated heterocycles. The molecule has 1 unspecified atom stereocenters. The summed E-state index contributed by atoms with van der Waals surface area (Å²) in [5.74, 6) is 1.74. The quantitative estimate of drug-likeness (QED) is 0.807. The second-order valence-electron chi connectivity index (χ2n) is 3.96. The molecule has 2 rings (SSSR count). The molecule has 0 radical (unpaired) electrons. The first kappa shape index (κ1) is 11.7. The Hall–Kier alpha value is -1.73. The van der Waals surface area contributed by atoms with Gasteiger partial charge in [-0.25, -0.2) is 0 Å². The highest BCUT2D eigenvalue weighted by Gasteiger charge is 2.21. The Kier molecular flexibility index (Phi) is 3.84. The first-order chi connectivity index (χ1) is 8.35. The molecule has 4 nitrogen and oxygen atoms in total. The number of ether oxygens (including phenoxy) is 2. The summed E-state index contributed by atoms with van der Waals surface area (Å²) in [6.07, 6.45) is 1.45. The van der Waals surface area contributed by atoms with Crippen LogP contribution >= 0.6 is 0 Å². The highest BCUT2D eigenvalue weighted by Crippen LogP contribution is 2.34. The lowest BCUT2D eigenvalue weighted by atomic mass is 10.00. The average molecular weight is 232 g/mol. The molecular weight excluding hydrogens is 216 g/mol. The van der Waals surface area contributed by atoms with E-state index in [1.165, 1.54) is 0 Å². The van der Waals surface area contributed by atoms with Gasteiger partial charge in [-0.3, -0.25) is 0 Å². The lowest BCUT2D eigenvalue weighted by molar-refractivity contribution is 0.252. The van der Waals surface area contributed by atoms with E-state index in [4.69, 9.17) is 14.7 Å². The minimum Gasteiger partial charge on any atom is -0.497 e. The number of benzene rings is 1. The molecular formula is C13H16N2O2. The largest absolute Gasteiger partial charge is 0.497 e. The minimum atomic E-state index is 0.252. The molecule has 0 spiro atoms. The maximum Gasteiger partial charge on any atom is 0.124 e. The summed E-state index contributed by atoms with van der Waals surface area (Å²) < 4.78 is 10.8. The zero-order valence-electron chi connectivity index (χ0n) is 9.90. The van der Waals surface area contributed by atoms with Gasteiger partial charge in [0.1, 0.15) is 11.5 Å². The number of nitriles is 1. The van der Waals surface area contributed by atoms with E-state index < -0.39 is 0 Å². The van der Waals surface area contributed by atoms with Gasteiger partial charge in [0.25, 0.3) is 0 Å². The van der Waals surface area contributed by atoms with Crippen LogP contribution in [0.1, 0.15) is 24.4 Å². The molecule has 17 heavy (non-hydrogen) atoms. The molecule has 4 heteroatoms. The zero-order chi connectivity index (χ0) is 12.1. The molecule has 0 saturated carbocycles. The van der Waals surface area contributed by atoms with Gasteiger partial charge in [0.15, 0.2) is 0 Å². The van der Waals surface area contributed by atoms with Crippen molar-refractivity contribution >= 4 is 0 Å². The smallest absolute Gasteiger partial charge is 0.124 e. The highest BCUT2D eigenvalue weighted by molar-refractivity contribution is 5.43. The molecule has 0 fully saturated rings. The van der Waals surface area contributed by atoms with E-state index >= 15 is 0 Å². The molecule has 0 aromatic heterocycles. The molecule has 0 aliphatic carbocycles. The number of hydrogen-bond donors (Lipinski definition) is 1. The van der Waals surface area contributed by atoms with E-state index in [-0.39, 0.29) is 6.04 Å². The summed E-state index contributed by atoms with van der Waals surface area (Å²) in [5.41, 5.74) is 1.12. The maximum absolute atomic E-state index is 8.54. The average Bonchev–Trinajstić information content (AvgIpc) is 2.39. The van der Waals surface area contributed by atoms with E-state index in [0.717, 1.165) is 23.5 Å². The van der Waals surface area contributed by atoms with Crippen LogP contribution in [0.2, 0.25) is 0 Å². The predicted molar refractivity (Wildman–Crippen MR) is 64.1 cm³/mol. The Balaban J connectivity index is 2.14. The number of hydrogen-bond acceptors (Lipinski definition) is 4. The van der Waals surface area contributed by atoms with Crippen LogP contribution in [0.3, 0.4) is 0 Å². The van der Waals surface area contributed by atoms with Crippen LogP contribution in [-0.2, 0) is 0 Å². The Morgan fingerprint density at radius 2 is 2.47 bits per heavy atom. The fraction of sp³-hybridized carbons (Fsp3) is 0.462. The van der Waals surface area contributed by atoms with Crippen molar-refractivity contribution in [2.75, 3.05) is 20.3 Å². The monoisotopic (exact) mass is 232 g/mol. The summed E-state index contributed by atoms with van der Waals surface area (Å²) in [7, 11) is 1.66. The maximum atomic E-state index is 8.54. The molecule has 90 valence electrons. The Morgan fingerprint density at radius 3 is 3.24 bits per heavy atom. The molecule has 0 bridgehead atoms. The standard InChI is InChI=1S/C13H16N2O2/c1-16-10-3-4-13-11(9-10)12(5-8-17-13)15-7-2-6-14/h3-4,9,12,15H,2,5,7-8H2,1H3. The normalized spacial score (nSPS) is 17.8. The Bertz CT molecular complexity index is 426. The van der Waals surface area contributed by atoms with Gasteiger partial charge in [0, 0.05) is 31.0 Å². The van der Waals surface area contributed by atoms with Gasteiger partial charge < -0.3 is 14.8 Å². The van der Waals surface area contributed by atoms with Gasteiger partial charge in [0.2, 0.25) is 0 Å². The third-order valence-corrected chi connectivity index (χ3v) is 2.88. The predicted octanol–water partition coefficient (Wildman–Crippen LogP) is 2.02. The molecule has 1 aliphatic rings. The summed E-state index contributed by atoms with van der Waals surface area (Å²) >= 11 is 0. The molecule has 1 aromatic carbocycles. The van der Waals surface area contributed by atoms with Crippen LogP contribution in [0, 0.1) is 11.3 Å². The second kappa shape index (κ2) is 5.55. The van der Waals surface area contributed by atoms with Crippen molar-refractivity contribution in [2.45, 2.75) is 18.9 Å². The van der Waals surface area contributed by atoms with Gasteiger partial charge in [-0.2, -0.15) is 5.26 Å². The number of nitrogens with zero attached hydrogens (tertiary/aromatic N) is 1. The van der Waals surface area contributed by atoms with E-state index in [1.54, 1.807) is 7.11 Å². The molecule has 1 atom stereocenters. The van der Waals surface area contributed by atoms with Crippen LogP contribution in [-0.4, -0.2) is 20.3 Å². The Labute approximate surface area is 101 Å². The molecule has 1 N–H and O–H groups in total. The van der Waals surface area contributed by atoms with Crippen LogP contribution in [0.5, 0.6) is 11.5 Å². The summed E-state index contributed by atoms with van der Waals surface area (Å²) in [5, 5.41) is 11.9. The fourth-order valence-corrected chi connectivity index (χ4v) is 2.01. The van der Waals surface area contributed by atoms with Crippen molar-refractivity contribution in [3.63, 3.8) is 0 Å². The number of rotatable bonds is 4. The third kappa shape index (κ3) is 2.69. The molecule has 1 aliphatic heterocycles. The number of nitrogens with one attached hydrogen (secondary N) is 1. The third-order valence-electron chi connectivity index (χ3n) is 2.88. The van der Waals surface area contributed by atoms with Crippen molar-refractivity contribution in [3.8, 4) is 17.6 Å². The lowest BCUT2D eigenvalue weighted by Crippen LogP contribution is -2.27. The van der Waals surface area contributed by atoms with E-state index in [2.05, 4.69) is 11.4 Å². The fourth-order valence-electron chi connectivity index (χ4n) is 2.01. The topological polar surface area (TPSA) is 54.3 Å². The molecule has 1 aromatic rings. The summed E-state index contributed by atoms with van der Waals surface area (Å²) in [6, 6.07) is 8.22. The minimum absolute atomic E-state index is 0.252. The van der Waals surface area contributed by atoms with Gasteiger partial charge in [-0.15, -0.1) is 0 Å². The van der Waals surface area contributed by atoms with Crippen molar-refractivity contribution in [1.29, 1.82) is 5.26 Å². The van der Waals surface area contributed by atoms with Crippen LogP contribution in [0.15, 0.2) is 18.2 Å². The Morgan fingerprint density at radius 1 is 1.59 bits per heavy atom. The summed E-state index contributed by atoms with van der Waals surface area (Å²) in [4.78, 5) is 0. The van der Waals surface area contributed by atoms with Crippen molar-refractivity contribution in [3.05, 3.63) is 23.8 Å². The molecule has 1 heterocycles.